The zero-order valence-corrected chi connectivity index (χ0v) is 68.9. The van der Waals surface area contributed by atoms with E-state index in [-0.39, 0.29) is 58.7 Å². The van der Waals surface area contributed by atoms with Crippen LogP contribution >= 0.6 is 54.5 Å². The van der Waals surface area contributed by atoms with E-state index in [0.29, 0.717) is 67.4 Å². The first-order valence-corrected chi connectivity index (χ1v) is 41.3. The van der Waals surface area contributed by atoms with Gasteiger partial charge in [-0.15, -0.1) is 64.9 Å². The number of halogens is 2. The van der Waals surface area contributed by atoms with E-state index >= 15 is 0 Å². The first kappa shape index (κ1) is 89.5. The molecule has 9 aromatic rings. The largest absolute Gasteiger partial charge is 0.447 e. The zero-order chi connectivity index (χ0) is 79.3. The van der Waals surface area contributed by atoms with Crippen molar-refractivity contribution in [1.29, 1.82) is 0 Å². The SMILES string of the molecule is C=CC.C=Cc1ccc(N)nn1.CCNS(=O)(=O)c1cc(Br)ccc1-c1cnc(C2CCC(NC(=O)OC(C)C)CC2)s1.CCNS(=O)(=O)c1cc(Nc2ccc(CC)nn2)ccc1-c1cnc(C2CCC(NC(=O)OC(C)C)CC2)s1.CCc1ccc(N)nn1.CCc1ccc(N)nn1.Nc1ccc(Br)nn1. The standard InChI is InChI=1S/C27H36N6O4S2.C21H28BrN3O4S2.2C6H9N3.C6H7N3.C4H4BrN3.C3H6/c1-5-19-12-14-25(33-32-19)30-21-11-13-22(24(15-21)39(35,36)29-6-2)23-16-28-26(38-23)18-7-9-20(10-8-18)31-27(34)37-17(3)4;1-4-24-31(27,28)19-11-15(22)7-10-17(19)18-12-23-20(30-18)14-5-8-16(9-6-14)25-21(26)29-13(2)3;3*1-2-5-3-4-6(7)9-8-5;5-3-1-2-4(6)8-7-3;1-3-2/h11-18,20,29H,5-10H2,1-4H3,(H,30,33)(H,31,34);7,10-14,16,24H,4-6,8-9H2,1-3H3,(H,25,26);2*3-4H,2H2,1H3,(H2,7,9);2-4H,1H2,(H2,7,9);1-2H,(H2,6,8);3H,1H2,2H3. The summed E-state index contributed by atoms with van der Waals surface area (Å²) in [6, 6.07) is 28.6. The third-order valence-electron chi connectivity index (χ3n) is 15.4. The molecule has 13 N–H and O–H groups in total. The summed E-state index contributed by atoms with van der Waals surface area (Å²) in [7, 11) is -7.37. The van der Waals surface area contributed by atoms with Crippen molar-refractivity contribution in [3.8, 4) is 20.9 Å². The molecular formula is C73H99Br2N21O8S4. The number of nitrogens with two attached hydrogens (primary N) is 4. The molecule has 0 unspecified atom stereocenters. The molecule has 7 heterocycles. The Morgan fingerprint density at radius 3 is 1.28 bits per heavy atom. The molecule has 7 aromatic heterocycles. The van der Waals surface area contributed by atoms with Crippen LogP contribution in [0.15, 0.2) is 148 Å². The molecule has 0 aliphatic heterocycles. The average Bonchev–Trinajstić information content (AvgIpc) is 1.44. The smallest absolute Gasteiger partial charge is 0.407 e. The number of rotatable bonds is 20. The highest BCUT2D eigenvalue weighted by atomic mass is 79.9. The summed E-state index contributed by atoms with van der Waals surface area (Å²) < 4.78 is 68.7. The molecule has 2 amide bonds. The molecule has 2 aromatic carbocycles. The van der Waals surface area contributed by atoms with Crippen molar-refractivity contribution >= 4 is 128 Å². The minimum Gasteiger partial charge on any atom is -0.447 e. The van der Waals surface area contributed by atoms with Crippen molar-refractivity contribution in [2.24, 2.45) is 0 Å². The fraction of sp³-hybridized carbons (Fsp3) is 0.397. The number of anilines is 6. The lowest BCUT2D eigenvalue weighted by molar-refractivity contribution is 0.108. The topological polar surface area (TPSA) is 440 Å². The van der Waals surface area contributed by atoms with Crippen LogP contribution in [0.5, 0.6) is 0 Å². The predicted molar refractivity (Wildman–Crippen MR) is 437 cm³/mol. The van der Waals surface area contributed by atoms with E-state index < -0.39 is 20.0 Å². The van der Waals surface area contributed by atoms with E-state index in [2.05, 4.69) is 131 Å². The number of carbonyl (C=O) groups is 2. The van der Waals surface area contributed by atoms with Crippen molar-refractivity contribution < 1.29 is 35.9 Å². The summed E-state index contributed by atoms with van der Waals surface area (Å²) in [6.07, 6.45) is 15.5. The van der Waals surface area contributed by atoms with E-state index in [4.69, 9.17) is 32.4 Å². The van der Waals surface area contributed by atoms with Gasteiger partial charge in [-0.05, 0) is 212 Å². The molecule has 0 atom stereocenters. The van der Waals surface area contributed by atoms with E-state index in [1.165, 1.54) is 22.7 Å². The molecule has 2 fully saturated rings. The van der Waals surface area contributed by atoms with Crippen molar-refractivity contribution in [3.05, 3.63) is 171 Å². The lowest BCUT2D eigenvalue weighted by Crippen LogP contribution is -2.38. The van der Waals surface area contributed by atoms with Gasteiger partial charge in [0.15, 0.2) is 5.82 Å². The fourth-order valence-electron chi connectivity index (χ4n) is 10.2. The Kier molecular flexibility index (Phi) is 38.4. The molecule has 2 aliphatic carbocycles. The monoisotopic (exact) mass is 1680 g/mol. The number of amides is 2. The lowest BCUT2D eigenvalue weighted by atomic mass is 9.86. The number of nitrogens with zero attached hydrogens (tertiary/aromatic N) is 12. The second-order valence-electron chi connectivity index (χ2n) is 24.5. The first-order chi connectivity index (χ1) is 51.5. The quantitative estimate of drug-likeness (QED) is 0.0320. The number of hydrogen-bond donors (Lipinski definition) is 9. The number of aromatic nitrogens is 12. The van der Waals surface area contributed by atoms with E-state index in [1.54, 1.807) is 93.0 Å². The Balaban J connectivity index is 0.000000263. The molecule has 582 valence electrons. The molecule has 0 radical (unpaired) electrons. The Labute approximate surface area is 658 Å². The summed E-state index contributed by atoms with van der Waals surface area (Å²) in [6.45, 7) is 26.3. The lowest BCUT2D eigenvalue weighted by Gasteiger charge is -2.28. The summed E-state index contributed by atoms with van der Waals surface area (Å²) >= 11 is 9.55. The van der Waals surface area contributed by atoms with Gasteiger partial charge >= 0.3 is 12.2 Å². The average molecular weight is 1690 g/mol. The molecule has 0 spiro atoms. The Morgan fingerprint density at radius 2 is 0.926 bits per heavy atom. The highest BCUT2D eigenvalue weighted by Crippen LogP contribution is 2.42. The van der Waals surface area contributed by atoms with Gasteiger partial charge in [-0.25, -0.2) is 45.8 Å². The maximum absolute atomic E-state index is 13.2. The predicted octanol–water partition coefficient (Wildman–Crippen LogP) is 14.4. The van der Waals surface area contributed by atoms with Gasteiger partial charge in [0.2, 0.25) is 20.0 Å². The highest BCUT2D eigenvalue weighted by Gasteiger charge is 2.30. The van der Waals surface area contributed by atoms with Crippen LogP contribution in [0.1, 0.15) is 165 Å². The number of hydrogen-bond acceptors (Lipinski definition) is 27. The Morgan fingerprint density at radius 1 is 0.528 bits per heavy atom. The van der Waals surface area contributed by atoms with Gasteiger partial charge < -0.3 is 48.4 Å². The van der Waals surface area contributed by atoms with Crippen LogP contribution in [0.25, 0.3) is 27.0 Å². The van der Waals surface area contributed by atoms with Crippen molar-refractivity contribution in [1.82, 2.24) is 81.0 Å². The minimum atomic E-state index is -3.76. The number of ether oxygens (including phenoxy) is 2. The molecule has 0 saturated heterocycles. The number of aryl methyl sites for hydroxylation is 3. The Bertz CT molecular complexity index is 4370. The number of sulfonamides is 2. The van der Waals surface area contributed by atoms with E-state index in [0.717, 1.165) is 113 Å². The molecule has 0 bridgehead atoms. The number of thiazole rings is 2. The second kappa shape index (κ2) is 46.3. The third kappa shape index (κ3) is 31.2. The van der Waals surface area contributed by atoms with Gasteiger partial charge in [-0.2, -0.15) is 15.3 Å². The summed E-state index contributed by atoms with van der Waals surface area (Å²) in [5, 5.41) is 48.9. The van der Waals surface area contributed by atoms with E-state index in [1.807, 2.05) is 97.9 Å². The molecule has 2 aliphatic rings. The second-order valence-corrected chi connectivity index (χ2v) is 31.9. The molecule has 11 rings (SSSR count). The molecular weight excluding hydrogens is 1590 g/mol. The van der Waals surface area contributed by atoms with Gasteiger partial charge in [0.25, 0.3) is 0 Å². The number of carbonyl (C=O) groups excluding carboxylic acids is 2. The molecule has 108 heavy (non-hydrogen) atoms. The van der Waals surface area contributed by atoms with Crippen LogP contribution < -0.4 is 48.3 Å². The maximum Gasteiger partial charge on any atom is 0.407 e. The summed E-state index contributed by atoms with van der Waals surface area (Å²) in [5.74, 6) is 2.94. The molecule has 2 saturated carbocycles. The zero-order valence-electron chi connectivity index (χ0n) is 62.4. The number of alkyl carbamates (subject to hydrolysis) is 2. The van der Waals surface area contributed by atoms with Gasteiger partial charge in [0, 0.05) is 70.7 Å². The molecule has 35 heteroatoms. The van der Waals surface area contributed by atoms with Crippen LogP contribution in [-0.4, -0.2) is 127 Å². The number of allylic oxidation sites excluding steroid dienone is 1. The van der Waals surface area contributed by atoms with Crippen molar-refractivity contribution in [2.45, 2.75) is 186 Å². The number of nitrogen functional groups attached to an aromatic ring is 4. The van der Waals surface area contributed by atoms with E-state index in [9.17, 15) is 26.4 Å². The number of benzene rings is 2. The normalized spacial score (nSPS) is 15.1. The summed E-state index contributed by atoms with van der Waals surface area (Å²) in [4.78, 5) is 35.1. The van der Waals surface area contributed by atoms with Crippen LogP contribution in [-0.2, 0) is 48.8 Å². The first-order valence-electron chi connectivity index (χ1n) is 35.1. The van der Waals surface area contributed by atoms with Gasteiger partial charge in [-0.1, -0.05) is 75.3 Å². The van der Waals surface area contributed by atoms with Crippen LogP contribution in [0.2, 0.25) is 0 Å². The molecule has 29 nitrogen and oxygen atoms in total. The van der Waals surface area contributed by atoms with Gasteiger partial charge in [-0.3, -0.25) is 0 Å². The fourth-order valence-corrected chi connectivity index (χ4v) is 15.8. The van der Waals surface area contributed by atoms with Crippen molar-refractivity contribution in [3.63, 3.8) is 0 Å². The number of nitrogens with one attached hydrogen (secondary N) is 5. The maximum atomic E-state index is 13.2. The Hall–Kier alpha value is -9.10. The van der Waals surface area contributed by atoms with Crippen molar-refractivity contribution in [2.75, 3.05) is 41.3 Å². The highest BCUT2D eigenvalue weighted by molar-refractivity contribution is 9.10. The summed E-state index contributed by atoms with van der Waals surface area (Å²) in [5.41, 5.74) is 26.5. The van der Waals surface area contributed by atoms with Gasteiger partial charge in [0.1, 0.15) is 27.9 Å². The van der Waals surface area contributed by atoms with Gasteiger partial charge in [0.05, 0.1) is 64.5 Å². The van der Waals surface area contributed by atoms with Crippen LogP contribution in [0.4, 0.5) is 44.4 Å². The third-order valence-corrected chi connectivity index (χ3v) is 21.8. The van der Waals surface area contributed by atoms with Crippen LogP contribution in [0, 0.1) is 0 Å². The van der Waals surface area contributed by atoms with Crippen LogP contribution in [0.3, 0.4) is 0 Å². The minimum absolute atomic E-state index is 0.0895.